The molecule has 1 heterocycles. The summed E-state index contributed by atoms with van der Waals surface area (Å²) < 4.78 is 6.16. The van der Waals surface area contributed by atoms with E-state index in [4.69, 9.17) is 16.3 Å². The molecule has 7 nitrogen and oxygen atoms in total. The van der Waals surface area contributed by atoms with Crippen molar-refractivity contribution in [3.63, 3.8) is 0 Å². The van der Waals surface area contributed by atoms with Crippen LogP contribution in [0.1, 0.15) is 26.5 Å². The van der Waals surface area contributed by atoms with Gasteiger partial charge in [0.05, 0.1) is 16.9 Å². The lowest BCUT2D eigenvalue weighted by Gasteiger charge is -2.06. The molecule has 2 rings (SSSR count). The van der Waals surface area contributed by atoms with E-state index in [-0.39, 0.29) is 17.9 Å². The van der Waals surface area contributed by atoms with Gasteiger partial charge in [0.2, 0.25) is 0 Å². The molecule has 0 aliphatic heterocycles. The van der Waals surface area contributed by atoms with Gasteiger partial charge in [-0.3, -0.25) is 0 Å². The third-order valence-corrected chi connectivity index (χ3v) is 2.71. The van der Waals surface area contributed by atoms with E-state index in [0.29, 0.717) is 11.4 Å². The maximum absolute atomic E-state index is 11.7. The average Bonchev–Trinajstić information content (AvgIpc) is 2.86. The number of hydrogen-bond donors (Lipinski definition) is 1. The van der Waals surface area contributed by atoms with Crippen LogP contribution in [0.3, 0.4) is 0 Å². The van der Waals surface area contributed by atoms with Crippen LogP contribution in [-0.2, 0) is 4.74 Å². The van der Waals surface area contributed by atoms with Gasteiger partial charge in [-0.05, 0) is 25.1 Å². The van der Waals surface area contributed by atoms with Crippen molar-refractivity contribution in [2.45, 2.75) is 6.92 Å². The number of carboxylic acids is 1. The number of aromatic carboxylic acids is 1. The molecule has 0 saturated carbocycles. The van der Waals surface area contributed by atoms with Crippen molar-refractivity contribution in [1.82, 2.24) is 15.0 Å². The van der Waals surface area contributed by atoms with Gasteiger partial charge in [-0.25, -0.2) is 14.3 Å². The zero-order valence-corrected chi connectivity index (χ0v) is 11.1. The highest BCUT2D eigenvalue weighted by atomic mass is 16.5. The van der Waals surface area contributed by atoms with Crippen molar-refractivity contribution < 1.29 is 19.4 Å². The van der Waals surface area contributed by atoms with Crippen molar-refractivity contribution in [3.8, 4) is 18.0 Å². The number of carboxylic acid groups (broad SMARTS) is 1. The first-order chi connectivity index (χ1) is 10.0. The zero-order valence-electron chi connectivity index (χ0n) is 11.1. The van der Waals surface area contributed by atoms with E-state index in [1.807, 2.05) is 0 Å². The Hall–Kier alpha value is -3.14. The van der Waals surface area contributed by atoms with Crippen LogP contribution in [0, 0.1) is 19.3 Å². The Balaban J connectivity index is 2.36. The van der Waals surface area contributed by atoms with Crippen LogP contribution in [-0.4, -0.2) is 38.6 Å². The number of hydrogen-bond acceptors (Lipinski definition) is 5. The fourth-order valence-corrected chi connectivity index (χ4v) is 1.73. The second-order valence-electron chi connectivity index (χ2n) is 4.07. The normalized spacial score (nSPS) is 9.90. The fraction of sp³-hybridized carbons (Fsp3) is 0.143. The van der Waals surface area contributed by atoms with Crippen LogP contribution in [0.15, 0.2) is 24.3 Å². The van der Waals surface area contributed by atoms with E-state index >= 15 is 0 Å². The Morgan fingerprint density at radius 2 is 2.24 bits per heavy atom. The molecular formula is C14H11N3O4. The zero-order chi connectivity index (χ0) is 15.4. The number of nitrogens with zero attached hydrogens (tertiary/aromatic N) is 3. The van der Waals surface area contributed by atoms with E-state index in [2.05, 4.69) is 16.2 Å². The smallest absolute Gasteiger partial charge is 0.358 e. The van der Waals surface area contributed by atoms with Crippen molar-refractivity contribution in [2.24, 2.45) is 0 Å². The van der Waals surface area contributed by atoms with E-state index in [0.717, 1.165) is 0 Å². The van der Waals surface area contributed by atoms with Crippen LogP contribution in [0.5, 0.6) is 0 Å². The van der Waals surface area contributed by atoms with Crippen molar-refractivity contribution in [3.05, 3.63) is 41.2 Å². The van der Waals surface area contributed by atoms with Crippen LogP contribution in [0.25, 0.3) is 5.69 Å². The highest BCUT2D eigenvalue weighted by molar-refractivity contribution is 5.90. The Morgan fingerprint density at radius 1 is 1.48 bits per heavy atom. The molecule has 0 fully saturated rings. The molecule has 21 heavy (non-hydrogen) atoms. The Kier molecular flexibility index (Phi) is 4.00. The molecule has 0 atom stereocenters. The highest BCUT2D eigenvalue weighted by Crippen LogP contribution is 2.14. The molecule has 1 aromatic carbocycles. The molecule has 0 spiro atoms. The molecular weight excluding hydrogens is 274 g/mol. The molecule has 0 aliphatic carbocycles. The molecule has 0 saturated heterocycles. The van der Waals surface area contributed by atoms with Gasteiger partial charge in [0.15, 0.2) is 12.3 Å². The number of carbonyl (C=O) groups is 2. The first kappa shape index (κ1) is 14.3. The summed E-state index contributed by atoms with van der Waals surface area (Å²) in [5.41, 5.74) is 1.00. The molecule has 2 aromatic rings. The van der Waals surface area contributed by atoms with Crippen LogP contribution < -0.4 is 0 Å². The summed E-state index contributed by atoms with van der Waals surface area (Å²) in [4.78, 5) is 22.7. The van der Waals surface area contributed by atoms with Crippen LogP contribution in [0.2, 0.25) is 0 Å². The number of terminal acetylenes is 1. The molecule has 1 N–H and O–H groups in total. The summed E-state index contributed by atoms with van der Waals surface area (Å²) in [6.07, 6.45) is 5.02. The summed E-state index contributed by atoms with van der Waals surface area (Å²) >= 11 is 0. The number of ether oxygens (including phenoxy) is 1. The van der Waals surface area contributed by atoms with E-state index in [9.17, 15) is 9.59 Å². The number of esters is 1. The van der Waals surface area contributed by atoms with Gasteiger partial charge in [-0.15, -0.1) is 11.5 Å². The molecule has 7 heteroatoms. The van der Waals surface area contributed by atoms with Gasteiger partial charge in [-0.1, -0.05) is 17.2 Å². The van der Waals surface area contributed by atoms with Crippen molar-refractivity contribution in [1.29, 1.82) is 0 Å². The molecule has 0 bridgehead atoms. The predicted molar refractivity (Wildman–Crippen MR) is 72.2 cm³/mol. The minimum atomic E-state index is -1.16. The number of carbonyl (C=O) groups excluding carboxylic acids is 1. The minimum Gasteiger partial charge on any atom is -0.476 e. The topological polar surface area (TPSA) is 94.3 Å². The van der Waals surface area contributed by atoms with E-state index in [1.165, 1.54) is 10.7 Å². The number of aromatic nitrogens is 3. The highest BCUT2D eigenvalue weighted by Gasteiger charge is 2.17. The summed E-state index contributed by atoms with van der Waals surface area (Å²) in [6, 6.07) is 6.38. The first-order valence-electron chi connectivity index (χ1n) is 5.91. The second-order valence-corrected chi connectivity index (χ2v) is 4.07. The quantitative estimate of drug-likeness (QED) is 0.667. The summed E-state index contributed by atoms with van der Waals surface area (Å²) in [5, 5.41) is 16.3. The number of benzene rings is 1. The molecule has 0 radical (unpaired) electrons. The lowest BCUT2D eigenvalue weighted by molar-refractivity contribution is 0.0556. The monoisotopic (exact) mass is 285 g/mol. The lowest BCUT2D eigenvalue weighted by Crippen LogP contribution is -2.07. The van der Waals surface area contributed by atoms with Gasteiger partial charge < -0.3 is 9.84 Å². The fourth-order valence-electron chi connectivity index (χ4n) is 1.73. The van der Waals surface area contributed by atoms with E-state index < -0.39 is 11.9 Å². The third kappa shape index (κ3) is 2.90. The Bertz CT molecular complexity index is 743. The molecule has 106 valence electrons. The summed E-state index contributed by atoms with van der Waals surface area (Å²) in [5.74, 6) is 0.476. The maximum atomic E-state index is 11.7. The minimum absolute atomic E-state index is 0.116. The predicted octanol–water partition coefficient (Wildman–Crippen LogP) is 1.06. The molecule has 0 aliphatic rings. The van der Waals surface area contributed by atoms with Crippen LogP contribution in [0.4, 0.5) is 0 Å². The van der Waals surface area contributed by atoms with Gasteiger partial charge in [0.25, 0.3) is 0 Å². The first-order valence-corrected chi connectivity index (χ1v) is 5.91. The van der Waals surface area contributed by atoms with Gasteiger partial charge in [-0.2, -0.15) is 0 Å². The van der Waals surface area contributed by atoms with Gasteiger partial charge in [0, 0.05) is 0 Å². The SMILES string of the molecule is C#CCOC(=O)c1cccc(-n2nnc(C(=O)O)c2C)c1. The number of rotatable bonds is 4. The van der Waals surface area contributed by atoms with Gasteiger partial charge >= 0.3 is 11.9 Å². The van der Waals surface area contributed by atoms with Crippen molar-refractivity contribution in [2.75, 3.05) is 6.61 Å². The largest absolute Gasteiger partial charge is 0.476 e. The maximum Gasteiger partial charge on any atom is 0.358 e. The third-order valence-electron chi connectivity index (χ3n) is 2.71. The summed E-state index contributed by atoms with van der Waals surface area (Å²) in [6.45, 7) is 1.46. The van der Waals surface area contributed by atoms with Crippen LogP contribution >= 0.6 is 0 Å². The molecule has 1 aromatic heterocycles. The standard InChI is InChI=1S/C14H11N3O4/c1-3-7-21-14(20)10-5-4-6-11(8-10)17-9(2)12(13(18)19)15-16-17/h1,4-6,8H,7H2,2H3,(H,18,19). The van der Waals surface area contributed by atoms with E-state index in [1.54, 1.807) is 25.1 Å². The summed E-state index contributed by atoms with van der Waals surface area (Å²) in [7, 11) is 0. The second kappa shape index (κ2) is 5.88. The average molecular weight is 285 g/mol. The Morgan fingerprint density at radius 3 is 2.86 bits per heavy atom. The molecule has 0 amide bonds. The Labute approximate surface area is 120 Å². The van der Waals surface area contributed by atoms with Crippen molar-refractivity contribution >= 4 is 11.9 Å². The lowest BCUT2D eigenvalue weighted by atomic mass is 10.2. The molecule has 0 unspecified atom stereocenters. The van der Waals surface area contributed by atoms with Gasteiger partial charge in [0.1, 0.15) is 0 Å².